The Hall–Kier alpha value is -2.24. The van der Waals surface area contributed by atoms with Gasteiger partial charge in [-0.05, 0) is 29.8 Å². The molecule has 1 N–H and O–H groups in total. The number of benzene rings is 2. The molecule has 3 rings (SSSR count). The zero-order valence-corrected chi connectivity index (χ0v) is 14.5. The molecule has 1 heterocycles. The van der Waals surface area contributed by atoms with Crippen molar-refractivity contribution in [2.75, 3.05) is 18.5 Å². The molecule has 122 valence electrons. The second-order valence-electron chi connectivity index (χ2n) is 5.16. The molecule has 2 aromatic carbocycles. The molecule has 2 aromatic rings. The lowest BCUT2D eigenvalue weighted by molar-refractivity contribution is -0.122. The van der Waals surface area contributed by atoms with Crippen LogP contribution < -0.4 is 10.2 Å². The molecular formula is C18H15ClN2O2S. The standard InChI is InChI=1S/C18H15ClN2O2S/c1-20-17(22)11-21-14-8-4-5-9-15(14)24-16(18(21)23)10-12-6-2-3-7-13(12)19/h2-10H,11H2,1H3,(H,20,22). The first-order valence-corrected chi connectivity index (χ1v) is 8.55. The molecule has 0 radical (unpaired) electrons. The quantitative estimate of drug-likeness (QED) is 0.853. The number of carbonyl (C=O) groups is 2. The van der Waals surface area contributed by atoms with E-state index in [0.29, 0.717) is 9.93 Å². The van der Waals surface area contributed by atoms with Gasteiger partial charge in [-0.3, -0.25) is 14.5 Å². The third kappa shape index (κ3) is 3.32. The second kappa shape index (κ2) is 7.11. The van der Waals surface area contributed by atoms with E-state index in [1.807, 2.05) is 42.5 Å². The van der Waals surface area contributed by atoms with Gasteiger partial charge in [0.05, 0.1) is 10.6 Å². The lowest BCUT2D eigenvalue weighted by atomic mass is 10.2. The Labute approximate surface area is 149 Å². The molecule has 0 bridgehead atoms. The van der Waals surface area contributed by atoms with E-state index in [1.165, 1.54) is 16.7 Å². The maximum Gasteiger partial charge on any atom is 0.265 e. The van der Waals surface area contributed by atoms with Crippen molar-refractivity contribution >= 4 is 46.9 Å². The molecule has 2 amide bonds. The van der Waals surface area contributed by atoms with E-state index in [1.54, 1.807) is 19.2 Å². The van der Waals surface area contributed by atoms with Crippen LogP contribution in [0.1, 0.15) is 5.56 Å². The molecular weight excluding hydrogens is 344 g/mol. The minimum atomic E-state index is -0.220. The maximum atomic E-state index is 12.9. The van der Waals surface area contributed by atoms with Crippen LogP contribution in [0, 0.1) is 0 Å². The van der Waals surface area contributed by atoms with Crippen molar-refractivity contribution in [3.63, 3.8) is 0 Å². The molecule has 1 aliphatic rings. The van der Waals surface area contributed by atoms with Gasteiger partial charge in [0.25, 0.3) is 5.91 Å². The van der Waals surface area contributed by atoms with Crippen LogP contribution in [0.2, 0.25) is 5.02 Å². The molecule has 0 fully saturated rings. The highest BCUT2D eigenvalue weighted by Gasteiger charge is 2.30. The molecule has 0 atom stereocenters. The van der Waals surface area contributed by atoms with Crippen molar-refractivity contribution < 1.29 is 9.59 Å². The Morgan fingerprint density at radius 1 is 1.21 bits per heavy atom. The average molecular weight is 359 g/mol. The molecule has 0 spiro atoms. The molecule has 0 saturated carbocycles. The number of fused-ring (bicyclic) bond motifs is 1. The van der Waals surface area contributed by atoms with Gasteiger partial charge in [-0.15, -0.1) is 0 Å². The Kier molecular flexibility index (Phi) is 4.92. The molecule has 4 nitrogen and oxygen atoms in total. The number of amides is 2. The fourth-order valence-corrected chi connectivity index (χ4v) is 3.62. The summed E-state index contributed by atoms with van der Waals surface area (Å²) in [4.78, 5) is 27.6. The summed E-state index contributed by atoms with van der Waals surface area (Å²) in [7, 11) is 1.55. The minimum Gasteiger partial charge on any atom is -0.358 e. The largest absolute Gasteiger partial charge is 0.358 e. The molecule has 24 heavy (non-hydrogen) atoms. The predicted molar refractivity (Wildman–Crippen MR) is 98.1 cm³/mol. The Balaban J connectivity index is 2.03. The van der Waals surface area contributed by atoms with E-state index in [-0.39, 0.29) is 18.4 Å². The normalized spacial score (nSPS) is 15.3. The third-order valence-electron chi connectivity index (χ3n) is 3.60. The predicted octanol–water partition coefficient (Wildman–Crippen LogP) is 3.57. The van der Waals surface area contributed by atoms with Crippen LogP contribution >= 0.6 is 23.4 Å². The lowest BCUT2D eigenvalue weighted by Crippen LogP contribution is -2.41. The van der Waals surface area contributed by atoms with Crippen molar-refractivity contribution in [3.05, 3.63) is 64.0 Å². The Morgan fingerprint density at radius 3 is 2.67 bits per heavy atom. The van der Waals surface area contributed by atoms with Gasteiger partial charge in [-0.25, -0.2) is 0 Å². The van der Waals surface area contributed by atoms with E-state index in [9.17, 15) is 9.59 Å². The summed E-state index contributed by atoms with van der Waals surface area (Å²) in [6.07, 6.45) is 1.77. The van der Waals surface area contributed by atoms with Gasteiger partial charge in [-0.2, -0.15) is 0 Å². The van der Waals surface area contributed by atoms with Crippen molar-refractivity contribution in [2.45, 2.75) is 4.90 Å². The van der Waals surface area contributed by atoms with Gasteiger partial charge in [0, 0.05) is 17.0 Å². The van der Waals surface area contributed by atoms with Crippen LogP contribution in [0.3, 0.4) is 0 Å². The van der Waals surface area contributed by atoms with E-state index in [4.69, 9.17) is 11.6 Å². The van der Waals surface area contributed by atoms with Crippen molar-refractivity contribution in [1.82, 2.24) is 5.32 Å². The maximum absolute atomic E-state index is 12.9. The van der Waals surface area contributed by atoms with Crippen LogP contribution in [0.4, 0.5) is 5.69 Å². The van der Waals surface area contributed by atoms with Crippen molar-refractivity contribution in [3.8, 4) is 0 Å². The van der Waals surface area contributed by atoms with Gasteiger partial charge in [0.1, 0.15) is 6.54 Å². The zero-order valence-electron chi connectivity index (χ0n) is 13.0. The number of carbonyl (C=O) groups excluding carboxylic acids is 2. The SMILES string of the molecule is CNC(=O)CN1C(=O)C(=Cc2ccccc2Cl)Sc2ccccc21. The number of nitrogens with zero attached hydrogens (tertiary/aromatic N) is 1. The first kappa shape index (κ1) is 16.6. The number of hydrogen-bond donors (Lipinski definition) is 1. The molecule has 0 saturated heterocycles. The van der Waals surface area contributed by atoms with Gasteiger partial charge in [-0.1, -0.05) is 53.7 Å². The Morgan fingerprint density at radius 2 is 1.92 bits per heavy atom. The first-order chi connectivity index (χ1) is 11.6. The highest BCUT2D eigenvalue weighted by atomic mass is 35.5. The van der Waals surface area contributed by atoms with E-state index >= 15 is 0 Å². The van der Waals surface area contributed by atoms with Gasteiger partial charge in [0.15, 0.2) is 0 Å². The third-order valence-corrected chi connectivity index (χ3v) is 5.03. The van der Waals surface area contributed by atoms with Crippen LogP contribution in [0.5, 0.6) is 0 Å². The topological polar surface area (TPSA) is 49.4 Å². The molecule has 0 aromatic heterocycles. The summed E-state index contributed by atoms with van der Waals surface area (Å²) in [5.74, 6) is -0.427. The molecule has 0 unspecified atom stereocenters. The van der Waals surface area contributed by atoms with Crippen molar-refractivity contribution in [1.29, 1.82) is 0 Å². The van der Waals surface area contributed by atoms with E-state index in [0.717, 1.165) is 16.1 Å². The van der Waals surface area contributed by atoms with Gasteiger partial charge >= 0.3 is 0 Å². The monoisotopic (exact) mass is 358 g/mol. The zero-order chi connectivity index (χ0) is 17.1. The fourth-order valence-electron chi connectivity index (χ4n) is 2.38. The molecule has 0 aliphatic carbocycles. The number of thioether (sulfide) groups is 1. The van der Waals surface area contributed by atoms with E-state index in [2.05, 4.69) is 5.32 Å². The van der Waals surface area contributed by atoms with Crippen LogP contribution in [-0.4, -0.2) is 25.4 Å². The Bertz CT molecular complexity index is 835. The van der Waals surface area contributed by atoms with Crippen molar-refractivity contribution in [2.24, 2.45) is 0 Å². The summed E-state index contributed by atoms with van der Waals surface area (Å²) in [6, 6.07) is 14.9. The minimum absolute atomic E-state index is 0.0211. The number of halogens is 1. The second-order valence-corrected chi connectivity index (χ2v) is 6.66. The first-order valence-electron chi connectivity index (χ1n) is 7.35. The summed E-state index contributed by atoms with van der Waals surface area (Å²) in [5.41, 5.74) is 1.52. The smallest absolute Gasteiger partial charge is 0.265 e. The summed E-state index contributed by atoms with van der Waals surface area (Å²) >= 11 is 7.58. The number of rotatable bonds is 3. The number of nitrogens with one attached hydrogen (secondary N) is 1. The van der Waals surface area contributed by atoms with Crippen LogP contribution in [0.25, 0.3) is 6.08 Å². The number of anilines is 1. The lowest BCUT2D eigenvalue weighted by Gasteiger charge is -2.29. The van der Waals surface area contributed by atoms with Crippen LogP contribution in [0.15, 0.2) is 58.3 Å². The van der Waals surface area contributed by atoms with Crippen LogP contribution in [-0.2, 0) is 9.59 Å². The highest BCUT2D eigenvalue weighted by molar-refractivity contribution is 8.04. The van der Waals surface area contributed by atoms with E-state index < -0.39 is 0 Å². The molecule has 1 aliphatic heterocycles. The summed E-state index contributed by atoms with van der Waals surface area (Å²) < 4.78 is 0. The van der Waals surface area contributed by atoms with Gasteiger partial charge < -0.3 is 5.32 Å². The number of hydrogen-bond acceptors (Lipinski definition) is 3. The summed E-state index contributed by atoms with van der Waals surface area (Å²) in [6.45, 7) is -0.0211. The number of likely N-dealkylation sites (N-methyl/N-ethyl adjacent to an activating group) is 1. The van der Waals surface area contributed by atoms with Gasteiger partial charge in [0.2, 0.25) is 5.91 Å². The average Bonchev–Trinajstić information content (AvgIpc) is 2.60. The highest BCUT2D eigenvalue weighted by Crippen LogP contribution is 2.42. The number of para-hydroxylation sites is 1. The molecule has 6 heteroatoms. The summed E-state index contributed by atoms with van der Waals surface area (Å²) in [5, 5.41) is 3.14. The fraction of sp³-hybridized carbons (Fsp3) is 0.111.